The fraction of sp³-hybridized carbons (Fsp3) is 0.538. The Morgan fingerprint density at radius 1 is 1.13 bits per heavy atom. The van der Waals surface area contributed by atoms with Gasteiger partial charge < -0.3 is 10.5 Å². The lowest BCUT2D eigenvalue weighted by atomic mass is 10.1. The smallest absolute Gasteiger partial charge is 0.122 e. The van der Waals surface area contributed by atoms with Gasteiger partial charge in [-0.15, -0.1) is 0 Å². The van der Waals surface area contributed by atoms with Crippen LogP contribution in [0.1, 0.15) is 23.6 Å². The maximum Gasteiger partial charge on any atom is 0.122 e. The highest BCUT2D eigenvalue weighted by Gasteiger charge is 2.05. The van der Waals surface area contributed by atoms with Gasteiger partial charge >= 0.3 is 0 Å². The second-order valence-corrected chi connectivity index (χ2v) is 4.35. The molecule has 1 atom stereocenters. The van der Waals surface area contributed by atoms with Crippen molar-refractivity contribution in [1.29, 1.82) is 0 Å². The quantitative estimate of drug-likeness (QED) is 0.823. The van der Waals surface area contributed by atoms with Crippen molar-refractivity contribution in [1.82, 2.24) is 0 Å². The van der Waals surface area contributed by atoms with Crippen molar-refractivity contribution in [2.45, 2.75) is 27.7 Å². The minimum Gasteiger partial charge on any atom is -0.493 e. The number of ether oxygens (including phenoxy) is 1. The zero-order valence-electron chi connectivity index (χ0n) is 10.1. The standard InChI is InChI=1S/C13H21NO/c1-9(7-14)8-15-13-6-11(3)10(2)5-12(13)4/h5-6,9H,7-8,14H2,1-4H3. The van der Waals surface area contributed by atoms with E-state index in [0.29, 0.717) is 19.1 Å². The molecule has 0 aromatic heterocycles. The lowest BCUT2D eigenvalue weighted by Crippen LogP contribution is -2.18. The van der Waals surface area contributed by atoms with Crippen LogP contribution in [0, 0.1) is 26.7 Å². The van der Waals surface area contributed by atoms with E-state index in [4.69, 9.17) is 10.5 Å². The van der Waals surface area contributed by atoms with Crippen molar-refractivity contribution in [3.05, 3.63) is 28.8 Å². The molecular formula is C13H21NO. The van der Waals surface area contributed by atoms with Crippen molar-refractivity contribution < 1.29 is 4.74 Å². The summed E-state index contributed by atoms with van der Waals surface area (Å²) in [4.78, 5) is 0. The van der Waals surface area contributed by atoms with Crippen LogP contribution < -0.4 is 10.5 Å². The molecule has 0 saturated heterocycles. The topological polar surface area (TPSA) is 35.2 Å². The van der Waals surface area contributed by atoms with Crippen LogP contribution in [0.5, 0.6) is 5.75 Å². The largest absolute Gasteiger partial charge is 0.493 e. The Balaban J connectivity index is 2.73. The van der Waals surface area contributed by atoms with Gasteiger partial charge in [0.05, 0.1) is 6.61 Å². The molecule has 1 aromatic rings. The van der Waals surface area contributed by atoms with Crippen LogP contribution in [0.4, 0.5) is 0 Å². The highest BCUT2D eigenvalue weighted by Crippen LogP contribution is 2.22. The van der Waals surface area contributed by atoms with Crippen molar-refractivity contribution in [3.8, 4) is 5.75 Å². The molecule has 1 unspecified atom stereocenters. The molecule has 0 bridgehead atoms. The Hall–Kier alpha value is -1.02. The van der Waals surface area contributed by atoms with Gasteiger partial charge in [-0.05, 0) is 50.1 Å². The summed E-state index contributed by atoms with van der Waals surface area (Å²) < 4.78 is 5.75. The normalized spacial score (nSPS) is 12.6. The number of aryl methyl sites for hydroxylation is 3. The summed E-state index contributed by atoms with van der Waals surface area (Å²) in [5.74, 6) is 1.39. The minimum atomic E-state index is 0.408. The van der Waals surface area contributed by atoms with Crippen LogP contribution in [0.3, 0.4) is 0 Å². The van der Waals surface area contributed by atoms with Crippen molar-refractivity contribution in [2.24, 2.45) is 11.7 Å². The van der Waals surface area contributed by atoms with Gasteiger partial charge in [0.1, 0.15) is 5.75 Å². The summed E-state index contributed by atoms with van der Waals surface area (Å²) in [6.45, 7) is 9.76. The van der Waals surface area contributed by atoms with E-state index in [0.717, 1.165) is 5.75 Å². The zero-order valence-corrected chi connectivity index (χ0v) is 10.1. The maximum atomic E-state index is 5.75. The summed E-state index contributed by atoms with van der Waals surface area (Å²) in [6, 6.07) is 4.27. The van der Waals surface area contributed by atoms with E-state index in [1.54, 1.807) is 0 Å². The summed E-state index contributed by atoms with van der Waals surface area (Å²) in [6.07, 6.45) is 0. The second kappa shape index (κ2) is 5.17. The molecule has 1 aromatic carbocycles. The third-order valence-corrected chi connectivity index (χ3v) is 2.72. The number of nitrogens with two attached hydrogens (primary N) is 1. The molecule has 0 heterocycles. The summed E-state index contributed by atoms with van der Waals surface area (Å²) in [7, 11) is 0. The Kier molecular flexibility index (Phi) is 4.15. The molecule has 0 aliphatic carbocycles. The van der Waals surface area contributed by atoms with Crippen LogP contribution >= 0.6 is 0 Å². The first-order valence-corrected chi connectivity index (χ1v) is 5.45. The molecular weight excluding hydrogens is 186 g/mol. The summed E-state index contributed by atoms with van der Waals surface area (Å²) in [5.41, 5.74) is 9.33. The second-order valence-electron chi connectivity index (χ2n) is 4.35. The monoisotopic (exact) mass is 207 g/mol. The molecule has 0 aliphatic rings. The van der Waals surface area contributed by atoms with Crippen LogP contribution in [-0.2, 0) is 0 Å². The Bertz CT molecular complexity index is 334. The SMILES string of the molecule is Cc1cc(C)c(OCC(C)CN)cc1C. The number of benzene rings is 1. The van der Waals surface area contributed by atoms with E-state index in [9.17, 15) is 0 Å². The van der Waals surface area contributed by atoms with Crippen molar-refractivity contribution in [3.63, 3.8) is 0 Å². The van der Waals surface area contributed by atoms with E-state index in [1.165, 1.54) is 16.7 Å². The molecule has 1 rings (SSSR count). The highest BCUT2D eigenvalue weighted by atomic mass is 16.5. The molecule has 0 aliphatic heterocycles. The fourth-order valence-electron chi connectivity index (χ4n) is 1.39. The number of hydrogen-bond donors (Lipinski definition) is 1. The fourth-order valence-corrected chi connectivity index (χ4v) is 1.39. The molecule has 0 radical (unpaired) electrons. The zero-order chi connectivity index (χ0) is 11.4. The van der Waals surface area contributed by atoms with Gasteiger partial charge in [0.2, 0.25) is 0 Å². The van der Waals surface area contributed by atoms with Gasteiger partial charge in [0.15, 0.2) is 0 Å². The van der Waals surface area contributed by atoms with Gasteiger partial charge in [-0.2, -0.15) is 0 Å². The third kappa shape index (κ3) is 3.24. The Morgan fingerprint density at radius 3 is 2.33 bits per heavy atom. The molecule has 0 fully saturated rings. The number of hydrogen-bond acceptors (Lipinski definition) is 2. The number of rotatable bonds is 4. The molecule has 2 N–H and O–H groups in total. The van der Waals surface area contributed by atoms with Gasteiger partial charge in [-0.3, -0.25) is 0 Å². The molecule has 2 nitrogen and oxygen atoms in total. The van der Waals surface area contributed by atoms with E-state index in [2.05, 4.69) is 39.8 Å². The average molecular weight is 207 g/mol. The van der Waals surface area contributed by atoms with Crippen molar-refractivity contribution >= 4 is 0 Å². The molecule has 15 heavy (non-hydrogen) atoms. The van der Waals surface area contributed by atoms with E-state index in [1.807, 2.05) is 0 Å². The first-order valence-electron chi connectivity index (χ1n) is 5.45. The third-order valence-electron chi connectivity index (χ3n) is 2.72. The molecule has 2 heteroatoms. The van der Waals surface area contributed by atoms with Crippen molar-refractivity contribution in [2.75, 3.05) is 13.2 Å². The lowest BCUT2D eigenvalue weighted by Gasteiger charge is -2.14. The van der Waals surface area contributed by atoms with E-state index < -0.39 is 0 Å². The first kappa shape index (κ1) is 12.1. The van der Waals surface area contributed by atoms with E-state index in [-0.39, 0.29) is 0 Å². The van der Waals surface area contributed by atoms with Crippen LogP contribution in [0.2, 0.25) is 0 Å². The van der Waals surface area contributed by atoms with Gasteiger partial charge in [-0.25, -0.2) is 0 Å². The Labute approximate surface area is 92.4 Å². The molecule has 0 spiro atoms. The summed E-state index contributed by atoms with van der Waals surface area (Å²) >= 11 is 0. The maximum absolute atomic E-state index is 5.75. The van der Waals surface area contributed by atoms with Crippen LogP contribution in [0.25, 0.3) is 0 Å². The average Bonchev–Trinajstić information content (AvgIpc) is 2.21. The predicted octanol–water partition coefficient (Wildman–Crippen LogP) is 2.59. The predicted molar refractivity (Wildman–Crippen MR) is 64.4 cm³/mol. The Morgan fingerprint density at radius 2 is 1.73 bits per heavy atom. The van der Waals surface area contributed by atoms with Crippen LogP contribution in [-0.4, -0.2) is 13.2 Å². The van der Waals surface area contributed by atoms with Gasteiger partial charge in [0.25, 0.3) is 0 Å². The summed E-state index contributed by atoms with van der Waals surface area (Å²) in [5, 5.41) is 0. The van der Waals surface area contributed by atoms with Crippen LogP contribution in [0.15, 0.2) is 12.1 Å². The minimum absolute atomic E-state index is 0.408. The molecule has 0 saturated carbocycles. The lowest BCUT2D eigenvalue weighted by molar-refractivity contribution is 0.262. The first-order chi connectivity index (χ1) is 7.04. The van der Waals surface area contributed by atoms with Gasteiger partial charge in [-0.1, -0.05) is 13.0 Å². The van der Waals surface area contributed by atoms with Gasteiger partial charge in [0, 0.05) is 5.92 Å². The highest BCUT2D eigenvalue weighted by molar-refractivity contribution is 5.40. The molecule has 84 valence electrons. The van der Waals surface area contributed by atoms with E-state index >= 15 is 0 Å². The molecule has 0 amide bonds.